The van der Waals surface area contributed by atoms with Crippen LogP contribution >= 0.6 is 0 Å². The summed E-state index contributed by atoms with van der Waals surface area (Å²) in [7, 11) is 2.67. The van der Waals surface area contributed by atoms with Gasteiger partial charge in [0.1, 0.15) is 11.4 Å². The summed E-state index contributed by atoms with van der Waals surface area (Å²) in [5, 5.41) is 0.819. The Morgan fingerprint density at radius 1 is 0.897 bits per heavy atom. The fourth-order valence-electron chi connectivity index (χ4n) is 3.46. The number of para-hydroxylation sites is 1. The fraction of sp³-hybridized carbons (Fsp3) is 0.136. The number of nitrogens with zero attached hydrogens (tertiary/aromatic N) is 3. The Morgan fingerprint density at radius 3 is 2.21 bits per heavy atom. The SMILES string of the molecule is CN1C(=O)C(=Cc2cn(Cc3ccccc3F)c3ccccc23)C(=O)N(C)C1=O. The Kier molecular flexibility index (Phi) is 4.50. The molecule has 7 heteroatoms. The number of urea groups is 1. The van der Waals surface area contributed by atoms with Gasteiger partial charge in [0.05, 0.1) is 6.54 Å². The monoisotopic (exact) mass is 391 g/mol. The quantitative estimate of drug-likeness (QED) is 0.509. The third-order valence-electron chi connectivity index (χ3n) is 5.06. The van der Waals surface area contributed by atoms with Gasteiger partial charge in [-0.1, -0.05) is 36.4 Å². The smallest absolute Gasteiger partial charge is 0.333 e. The highest BCUT2D eigenvalue weighted by Gasteiger charge is 2.37. The average molecular weight is 391 g/mol. The molecule has 6 nitrogen and oxygen atoms in total. The third-order valence-corrected chi connectivity index (χ3v) is 5.06. The van der Waals surface area contributed by atoms with Crippen molar-refractivity contribution in [3.8, 4) is 0 Å². The van der Waals surface area contributed by atoms with Gasteiger partial charge in [0.2, 0.25) is 0 Å². The summed E-state index contributed by atoms with van der Waals surface area (Å²) in [4.78, 5) is 38.8. The van der Waals surface area contributed by atoms with E-state index in [1.165, 1.54) is 26.2 Å². The van der Waals surface area contributed by atoms with Gasteiger partial charge in [-0.25, -0.2) is 9.18 Å². The highest BCUT2D eigenvalue weighted by molar-refractivity contribution is 6.31. The van der Waals surface area contributed by atoms with Crippen molar-refractivity contribution in [2.75, 3.05) is 14.1 Å². The van der Waals surface area contributed by atoms with E-state index in [0.29, 0.717) is 17.7 Å². The van der Waals surface area contributed by atoms with E-state index in [2.05, 4.69) is 0 Å². The lowest BCUT2D eigenvalue weighted by Gasteiger charge is -2.28. The lowest BCUT2D eigenvalue weighted by atomic mass is 10.1. The van der Waals surface area contributed by atoms with Crippen LogP contribution in [-0.2, 0) is 16.1 Å². The molecule has 0 unspecified atom stereocenters. The second kappa shape index (κ2) is 7.01. The van der Waals surface area contributed by atoms with Gasteiger partial charge < -0.3 is 4.57 Å². The number of imide groups is 2. The molecule has 1 saturated heterocycles. The normalized spacial score (nSPS) is 14.9. The predicted molar refractivity (Wildman–Crippen MR) is 106 cm³/mol. The molecular formula is C22H18FN3O3. The van der Waals surface area contributed by atoms with E-state index in [0.717, 1.165) is 20.7 Å². The van der Waals surface area contributed by atoms with Gasteiger partial charge in [0.15, 0.2) is 0 Å². The maximum Gasteiger partial charge on any atom is 0.333 e. The van der Waals surface area contributed by atoms with Crippen LogP contribution < -0.4 is 0 Å². The summed E-state index contributed by atoms with van der Waals surface area (Å²) in [5.74, 6) is -1.60. The van der Waals surface area contributed by atoms with Crippen LogP contribution in [0, 0.1) is 5.82 Å². The van der Waals surface area contributed by atoms with Crippen LogP contribution in [0.25, 0.3) is 17.0 Å². The molecule has 0 bridgehead atoms. The van der Waals surface area contributed by atoms with Crippen molar-refractivity contribution in [1.29, 1.82) is 0 Å². The number of rotatable bonds is 3. The molecule has 0 N–H and O–H groups in total. The third kappa shape index (κ3) is 3.10. The molecular weight excluding hydrogens is 373 g/mol. The van der Waals surface area contributed by atoms with Crippen molar-refractivity contribution in [2.24, 2.45) is 0 Å². The van der Waals surface area contributed by atoms with Gasteiger partial charge in [0.25, 0.3) is 11.8 Å². The summed E-state index contributed by atoms with van der Waals surface area (Å²) in [6.07, 6.45) is 3.27. The number of hydrogen-bond acceptors (Lipinski definition) is 3. The summed E-state index contributed by atoms with van der Waals surface area (Å²) in [6, 6.07) is 13.3. The molecule has 29 heavy (non-hydrogen) atoms. The molecule has 146 valence electrons. The molecule has 0 atom stereocenters. The predicted octanol–water partition coefficient (Wildman–Crippen LogP) is 3.26. The van der Waals surface area contributed by atoms with Crippen LogP contribution in [0.5, 0.6) is 0 Å². The molecule has 1 aromatic heterocycles. The minimum atomic E-state index is -0.667. The number of fused-ring (bicyclic) bond motifs is 1. The van der Waals surface area contributed by atoms with Gasteiger partial charge in [0, 0.05) is 42.3 Å². The van der Waals surface area contributed by atoms with Crippen molar-refractivity contribution in [3.05, 3.63) is 77.2 Å². The summed E-state index contributed by atoms with van der Waals surface area (Å²) >= 11 is 0. The van der Waals surface area contributed by atoms with Crippen molar-refractivity contribution in [1.82, 2.24) is 14.4 Å². The van der Waals surface area contributed by atoms with Crippen LogP contribution in [0.1, 0.15) is 11.1 Å². The van der Waals surface area contributed by atoms with E-state index < -0.39 is 17.8 Å². The number of hydrogen-bond donors (Lipinski definition) is 0. The van der Waals surface area contributed by atoms with Gasteiger partial charge in [-0.2, -0.15) is 0 Å². The van der Waals surface area contributed by atoms with Crippen molar-refractivity contribution in [2.45, 2.75) is 6.54 Å². The van der Waals surface area contributed by atoms with Crippen molar-refractivity contribution >= 4 is 34.8 Å². The Balaban J connectivity index is 1.82. The zero-order valence-electron chi connectivity index (χ0n) is 15.9. The highest BCUT2D eigenvalue weighted by atomic mass is 19.1. The molecule has 4 rings (SSSR count). The first-order chi connectivity index (χ1) is 13.9. The second-order valence-electron chi connectivity index (χ2n) is 6.89. The Morgan fingerprint density at radius 2 is 1.52 bits per heavy atom. The Bertz CT molecular complexity index is 1170. The maximum absolute atomic E-state index is 14.1. The molecule has 1 aliphatic heterocycles. The van der Waals surface area contributed by atoms with Gasteiger partial charge in [-0.3, -0.25) is 19.4 Å². The Hall–Kier alpha value is -3.74. The first-order valence-corrected chi connectivity index (χ1v) is 9.01. The number of benzene rings is 2. The minimum absolute atomic E-state index is 0.0941. The number of carbonyl (C=O) groups excluding carboxylic acids is 3. The van der Waals surface area contributed by atoms with E-state index in [9.17, 15) is 18.8 Å². The number of amides is 4. The van der Waals surface area contributed by atoms with E-state index in [1.54, 1.807) is 24.4 Å². The topological polar surface area (TPSA) is 62.6 Å². The van der Waals surface area contributed by atoms with Crippen molar-refractivity contribution in [3.63, 3.8) is 0 Å². The molecule has 0 aliphatic carbocycles. The number of carbonyl (C=O) groups is 3. The van der Waals surface area contributed by atoms with Gasteiger partial charge in [-0.05, 0) is 18.2 Å². The van der Waals surface area contributed by atoms with E-state index >= 15 is 0 Å². The molecule has 4 amide bonds. The lowest BCUT2D eigenvalue weighted by Crippen LogP contribution is -2.52. The largest absolute Gasteiger partial charge is 0.342 e. The molecule has 0 saturated carbocycles. The Labute approximate surface area is 166 Å². The van der Waals surface area contributed by atoms with Gasteiger partial charge in [-0.15, -0.1) is 0 Å². The average Bonchev–Trinajstić information content (AvgIpc) is 3.07. The van der Waals surface area contributed by atoms with E-state index in [1.807, 2.05) is 28.8 Å². The lowest BCUT2D eigenvalue weighted by molar-refractivity contribution is -0.134. The molecule has 0 radical (unpaired) electrons. The first kappa shape index (κ1) is 18.6. The zero-order valence-corrected chi connectivity index (χ0v) is 15.9. The second-order valence-corrected chi connectivity index (χ2v) is 6.89. The van der Waals surface area contributed by atoms with Crippen LogP contribution in [0.2, 0.25) is 0 Å². The number of likely N-dealkylation sites (N-methyl/N-ethyl adjacent to an activating group) is 2. The molecule has 1 fully saturated rings. The molecule has 2 heterocycles. The number of aromatic nitrogens is 1. The van der Waals surface area contributed by atoms with Crippen LogP contribution in [-0.4, -0.2) is 46.3 Å². The van der Waals surface area contributed by atoms with Crippen LogP contribution in [0.3, 0.4) is 0 Å². The number of halogens is 1. The van der Waals surface area contributed by atoms with Crippen molar-refractivity contribution < 1.29 is 18.8 Å². The summed E-state index contributed by atoms with van der Waals surface area (Å²) in [5.41, 5.74) is 1.92. The van der Waals surface area contributed by atoms with Gasteiger partial charge >= 0.3 is 6.03 Å². The maximum atomic E-state index is 14.1. The van der Waals surface area contributed by atoms with E-state index in [-0.39, 0.29) is 11.4 Å². The number of barbiturate groups is 1. The fourth-order valence-corrected chi connectivity index (χ4v) is 3.46. The minimum Gasteiger partial charge on any atom is -0.342 e. The molecule has 2 aromatic carbocycles. The van der Waals surface area contributed by atoms with Crippen LogP contribution in [0.15, 0.2) is 60.3 Å². The van der Waals surface area contributed by atoms with E-state index in [4.69, 9.17) is 0 Å². The first-order valence-electron chi connectivity index (χ1n) is 9.01. The standard InChI is InChI=1S/C22H18FN3O3/c1-24-20(27)17(21(28)25(2)22(24)29)11-15-13-26(19-10-6-4-8-16(15)19)12-14-7-3-5-9-18(14)23/h3-11,13H,12H2,1-2H3. The highest BCUT2D eigenvalue weighted by Crippen LogP contribution is 2.27. The van der Waals surface area contributed by atoms with Crippen LogP contribution in [0.4, 0.5) is 9.18 Å². The molecule has 0 spiro atoms. The molecule has 1 aliphatic rings. The summed E-state index contributed by atoms with van der Waals surface area (Å²) in [6.45, 7) is 0.302. The zero-order chi connectivity index (χ0) is 20.7. The molecule has 3 aromatic rings. The summed E-state index contributed by atoms with van der Waals surface area (Å²) < 4.78 is 16.0.